The van der Waals surface area contributed by atoms with Crippen LogP contribution in [-0.2, 0) is 19.1 Å². The van der Waals surface area contributed by atoms with Crippen LogP contribution >= 0.6 is 0 Å². The predicted octanol–water partition coefficient (Wildman–Crippen LogP) is 1.60. The summed E-state index contributed by atoms with van der Waals surface area (Å²) >= 11 is 0. The number of rotatable bonds is 5. The van der Waals surface area contributed by atoms with Gasteiger partial charge in [-0.05, 0) is 31.9 Å². The number of esters is 2. The summed E-state index contributed by atoms with van der Waals surface area (Å²) in [6.07, 6.45) is 3.13. The van der Waals surface area contributed by atoms with E-state index in [0.29, 0.717) is 5.56 Å². The number of carbonyl (C=O) groups excluding carboxylic acids is 2. The molecule has 1 aromatic heterocycles. The summed E-state index contributed by atoms with van der Waals surface area (Å²) in [7, 11) is 0. The SMILES string of the molecule is CCOC(=O)C(C(=O)OCC)c1cncc(C)c1. The lowest BCUT2D eigenvalue weighted by atomic mass is 10.00. The van der Waals surface area contributed by atoms with Crippen LogP contribution in [-0.4, -0.2) is 30.1 Å². The molecule has 0 bridgehead atoms. The summed E-state index contributed by atoms with van der Waals surface area (Å²) in [4.78, 5) is 27.6. The van der Waals surface area contributed by atoms with Crippen molar-refractivity contribution in [1.82, 2.24) is 4.98 Å². The molecule has 0 aliphatic rings. The van der Waals surface area contributed by atoms with Crippen LogP contribution in [0.1, 0.15) is 30.9 Å². The molecule has 0 atom stereocenters. The molecule has 0 amide bonds. The lowest BCUT2D eigenvalue weighted by Crippen LogP contribution is -2.26. The molecule has 0 spiro atoms. The Balaban J connectivity index is 3.03. The van der Waals surface area contributed by atoms with E-state index in [4.69, 9.17) is 9.47 Å². The van der Waals surface area contributed by atoms with E-state index in [0.717, 1.165) is 5.56 Å². The van der Waals surface area contributed by atoms with Crippen molar-refractivity contribution in [3.8, 4) is 0 Å². The molecule has 0 radical (unpaired) electrons. The lowest BCUT2D eigenvalue weighted by Gasteiger charge is -2.14. The van der Waals surface area contributed by atoms with E-state index in [1.165, 1.54) is 6.20 Å². The summed E-state index contributed by atoms with van der Waals surface area (Å²) in [6.45, 7) is 5.65. The Morgan fingerprint density at radius 2 is 1.72 bits per heavy atom. The van der Waals surface area contributed by atoms with Gasteiger partial charge in [0, 0.05) is 12.4 Å². The summed E-state index contributed by atoms with van der Waals surface area (Å²) in [6, 6.07) is 1.73. The second-order valence-electron chi connectivity index (χ2n) is 3.73. The molecule has 1 aromatic rings. The molecule has 1 heterocycles. The first-order valence-corrected chi connectivity index (χ1v) is 5.85. The zero-order chi connectivity index (χ0) is 13.5. The number of ether oxygens (including phenoxy) is 2. The molecule has 5 nitrogen and oxygen atoms in total. The van der Waals surface area contributed by atoms with E-state index in [2.05, 4.69) is 4.98 Å². The molecule has 0 saturated carbocycles. The van der Waals surface area contributed by atoms with Gasteiger partial charge >= 0.3 is 11.9 Å². The smallest absolute Gasteiger partial charge is 0.324 e. The Morgan fingerprint density at radius 3 is 2.17 bits per heavy atom. The number of carbonyl (C=O) groups is 2. The van der Waals surface area contributed by atoms with Crippen molar-refractivity contribution in [2.75, 3.05) is 13.2 Å². The highest BCUT2D eigenvalue weighted by molar-refractivity contribution is 6.00. The molecular formula is C13H17NO4. The maximum Gasteiger partial charge on any atom is 0.324 e. The summed E-state index contributed by atoms with van der Waals surface area (Å²) in [5, 5.41) is 0. The van der Waals surface area contributed by atoms with E-state index in [1.807, 2.05) is 6.92 Å². The first-order valence-electron chi connectivity index (χ1n) is 5.85. The Hall–Kier alpha value is -1.91. The lowest BCUT2D eigenvalue weighted by molar-refractivity contribution is -0.156. The van der Waals surface area contributed by atoms with E-state index in [-0.39, 0.29) is 13.2 Å². The minimum atomic E-state index is -1.06. The molecule has 0 N–H and O–H groups in total. The highest BCUT2D eigenvalue weighted by atomic mass is 16.6. The quantitative estimate of drug-likeness (QED) is 0.587. The van der Waals surface area contributed by atoms with Gasteiger partial charge in [-0.3, -0.25) is 14.6 Å². The third-order valence-electron chi connectivity index (χ3n) is 2.27. The number of pyridine rings is 1. The Bertz CT molecular complexity index is 413. The van der Waals surface area contributed by atoms with Crippen LogP contribution in [0.2, 0.25) is 0 Å². The van der Waals surface area contributed by atoms with Crippen LogP contribution in [0.25, 0.3) is 0 Å². The van der Waals surface area contributed by atoms with Crippen LogP contribution in [0.3, 0.4) is 0 Å². The van der Waals surface area contributed by atoms with Crippen LogP contribution < -0.4 is 0 Å². The van der Waals surface area contributed by atoms with E-state index in [9.17, 15) is 9.59 Å². The summed E-state index contributed by atoms with van der Waals surface area (Å²) in [5.74, 6) is -2.27. The highest BCUT2D eigenvalue weighted by Crippen LogP contribution is 2.19. The fourth-order valence-corrected chi connectivity index (χ4v) is 1.56. The van der Waals surface area contributed by atoms with Gasteiger partial charge in [-0.15, -0.1) is 0 Å². The van der Waals surface area contributed by atoms with Gasteiger partial charge in [0.1, 0.15) is 0 Å². The van der Waals surface area contributed by atoms with E-state index >= 15 is 0 Å². The Morgan fingerprint density at radius 1 is 1.17 bits per heavy atom. The largest absolute Gasteiger partial charge is 0.465 e. The van der Waals surface area contributed by atoms with Gasteiger partial charge in [0.05, 0.1) is 13.2 Å². The first kappa shape index (κ1) is 14.2. The van der Waals surface area contributed by atoms with Crippen molar-refractivity contribution in [2.45, 2.75) is 26.7 Å². The molecule has 0 unspecified atom stereocenters. The number of aromatic nitrogens is 1. The number of aryl methyl sites for hydroxylation is 1. The van der Waals surface area contributed by atoms with Crippen LogP contribution in [0.4, 0.5) is 0 Å². The van der Waals surface area contributed by atoms with Gasteiger partial charge in [-0.2, -0.15) is 0 Å². The van der Waals surface area contributed by atoms with Crippen LogP contribution in [0.5, 0.6) is 0 Å². The second kappa shape index (κ2) is 6.74. The average Bonchev–Trinajstić information content (AvgIpc) is 2.30. The molecule has 1 rings (SSSR count). The predicted molar refractivity (Wildman–Crippen MR) is 65.0 cm³/mol. The van der Waals surface area contributed by atoms with Crippen molar-refractivity contribution < 1.29 is 19.1 Å². The standard InChI is InChI=1S/C13H17NO4/c1-4-17-12(15)11(13(16)18-5-2)10-6-9(3)7-14-8-10/h6-8,11H,4-5H2,1-3H3. The Kier molecular flexibility index (Phi) is 5.30. The van der Waals surface area contributed by atoms with Gasteiger partial charge in [-0.25, -0.2) is 0 Å². The van der Waals surface area contributed by atoms with Crippen molar-refractivity contribution in [3.05, 3.63) is 29.6 Å². The molecule has 0 aromatic carbocycles. The molecule has 0 aliphatic heterocycles. The van der Waals surface area contributed by atoms with E-state index < -0.39 is 17.9 Å². The highest BCUT2D eigenvalue weighted by Gasteiger charge is 2.31. The molecular weight excluding hydrogens is 234 g/mol. The van der Waals surface area contributed by atoms with Crippen LogP contribution in [0, 0.1) is 6.92 Å². The van der Waals surface area contributed by atoms with Gasteiger partial charge < -0.3 is 9.47 Å². The fraction of sp³-hybridized carbons (Fsp3) is 0.462. The number of hydrogen-bond donors (Lipinski definition) is 0. The van der Waals surface area contributed by atoms with Gasteiger partial charge in [0.15, 0.2) is 5.92 Å². The number of nitrogens with zero attached hydrogens (tertiary/aromatic N) is 1. The third kappa shape index (κ3) is 3.55. The molecule has 18 heavy (non-hydrogen) atoms. The molecule has 98 valence electrons. The maximum absolute atomic E-state index is 11.8. The number of hydrogen-bond acceptors (Lipinski definition) is 5. The molecule has 0 saturated heterocycles. The zero-order valence-electron chi connectivity index (χ0n) is 10.8. The van der Waals surface area contributed by atoms with Gasteiger partial charge in [0.25, 0.3) is 0 Å². The topological polar surface area (TPSA) is 65.5 Å². The molecule has 5 heteroatoms. The van der Waals surface area contributed by atoms with Crippen molar-refractivity contribution in [3.63, 3.8) is 0 Å². The Labute approximate surface area is 106 Å². The van der Waals surface area contributed by atoms with Crippen molar-refractivity contribution in [1.29, 1.82) is 0 Å². The normalized spacial score (nSPS) is 10.2. The monoisotopic (exact) mass is 251 g/mol. The van der Waals surface area contributed by atoms with Crippen molar-refractivity contribution >= 4 is 11.9 Å². The van der Waals surface area contributed by atoms with Crippen LogP contribution in [0.15, 0.2) is 18.5 Å². The average molecular weight is 251 g/mol. The third-order valence-corrected chi connectivity index (χ3v) is 2.27. The maximum atomic E-state index is 11.8. The zero-order valence-corrected chi connectivity index (χ0v) is 10.8. The summed E-state index contributed by atoms with van der Waals surface area (Å²) < 4.78 is 9.80. The second-order valence-corrected chi connectivity index (χ2v) is 3.73. The first-order chi connectivity index (χ1) is 8.60. The minimum Gasteiger partial charge on any atom is -0.465 e. The van der Waals surface area contributed by atoms with E-state index in [1.54, 1.807) is 26.1 Å². The minimum absolute atomic E-state index is 0.216. The molecule has 0 aliphatic carbocycles. The van der Waals surface area contributed by atoms with Gasteiger partial charge in [0.2, 0.25) is 0 Å². The van der Waals surface area contributed by atoms with Gasteiger partial charge in [-0.1, -0.05) is 6.07 Å². The fourth-order valence-electron chi connectivity index (χ4n) is 1.56. The van der Waals surface area contributed by atoms with Crippen molar-refractivity contribution in [2.24, 2.45) is 0 Å². The molecule has 0 fully saturated rings. The summed E-state index contributed by atoms with van der Waals surface area (Å²) in [5.41, 5.74) is 1.36.